The number of aryl methyl sites for hydroxylation is 1. The number of hydrogen-bond acceptors (Lipinski definition) is 4. The molecular formula is C20H23NO5. The highest BCUT2D eigenvalue weighted by atomic mass is 16.5. The normalized spacial score (nSPS) is 10.2. The Morgan fingerprint density at radius 3 is 2.46 bits per heavy atom. The van der Waals surface area contributed by atoms with Crippen molar-refractivity contribution in [3.8, 4) is 11.5 Å². The quantitative estimate of drug-likeness (QED) is 0.721. The Hall–Kier alpha value is -3.02. The lowest BCUT2D eigenvalue weighted by molar-refractivity contribution is -0.121. The van der Waals surface area contributed by atoms with Crippen LogP contribution in [0.5, 0.6) is 11.5 Å². The van der Waals surface area contributed by atoms with Gasteiger partial charge < -0.3 is 19.9 Å². The molecule has 2 rings (SSSR count). The second kappa shape index (κ2) is 9.46. The Morgan fingerprint density at radius 2 is 1.77 bits per heavy atom. The van der Waals surface area contributed by atoms with Gasteiger partial charge in [0.15, 0.2) is 0 Å². The second-order valence-corrected chi connectivity index (χ2v) is 5.74. The summed E-state index contributed by atoms with van der Waals surface area (Å²) in [6.07, 6.45) is 1.23. The first-order valence-electron chi connectivity index (χ1n) is 8.34. The van der Waals surface area contributed by atoms with Crippen LogP contribution >= 0.6 is 0 Å². The summed E-state index contributed by atoms with van der Waals surface area (Å²) in [4.78, 5) is 23.2. The van der Waals surface area contributed by atoms with Gasteiger partial charge in [-0.15, -0.1) is 0 Å². The zero-order valence-electron chi connectivity index (χ0n) is 15.0. The molecule has 138 valence electrons. The van der Waals surface area contributed by atoms with Crippen LogP contribution in [0.1, 0.15) is 27.9 Å². The fourth-order valence-corrected chi connectivity index (χ4v) is 2.70. The molecule has 0 unspecified atom stereocenters. The van der Waals surface area contributed by atoms with Crippen molar-refractivity contribution in [2.24, 2.45) is 0 Å². The maximum absolute atomic E-state index is 12.1. The lowest BCUT2D eigenvalue weighted by Crippen LogP contribution is -2.26. The second-order valence-electron chi connectivity index (χ2n) is 5.74. The first-order chi connectivity index (χ1) is 12.5. The van der Waals surface area contributed by atoms with E-state index in [2.05, 4.69) is 5.32 Å². The molecule has 26 heavy (non-hydrogen) atoms. The van der Waals surface area contributed by atoms with Gasteiger partial charge in [-0.25, -0.2) is 4.79 Å². The minimum atomic E-state index is -0.980. The van der Waals surface area contributed by atoms with Crippen molar-refractivity contribution in [3.05, 3.63) is 59.2 Å². The fraction of sp³-hybridized carbons (Fsp3) is 0.300. The van der Waals surface area contributed by atoms with Gasteiger partial charge in [0.2, 0.25) is 5.91 Å². The Labute approximate surface area is 152 Å². The molecule has 0 aliphatic rings. The van der Waals surface area contributed by atoms with Gasteiger partial charge in [-0.05, 0) is 48.2 Å². The van der Waals surface area contributed by atoms with E-state index in [1.54, 1.807) is 38.5 Å². The third kappa shape index (κ3) is 5.24. The number of methoxy groups -OCH3 is 2. The van der Waals surface area contributed by atoms with Crippen molar-refractivity contribution in [1.82, 2.24) is 5.32 Å². The summed E-state index contributed by atoms with van der Waals surface area (Å²) < 4.78 is 10.5. The van der Waals surface area contributed by atoms with E-state index in [1.165, 1.54) is 0 Å². The van der Waals surface area contributed by atoms with E-state index in [9.17, 15) is 9.59 Å². The molecule has 6 heteroatoms. The zero-order valence-corrected chi connectivity index (χ0v) is 15.0. The van der Waals surface area contributed by atoms with Gasteiger partial charge in [0, 0.05) is 13.0 Å². The van der Waals surface area contributed by atoms with Crippen LogP contribution in [0.15, 0.2) is 42.5 Å². The molecule has 0 spiro atoms. The average molecular weight is 357 g/mol. The number of carboxylic acids is 1. The number of hydrogen-bond donors (Lipinski definition) is 2. The molecule has 0 aliphatic carbocycles. The Morgan fingerprint density at radius 1 is 1.00 bits per heavy atom. The molecule has 0 heterocycles. The first-order valence-corrected chi connectivity index (χ1v) is 8.34. The standard InChI is InChI=1S/C20H23NO5/c1-25-16-8-9-18(26-2)15(13-16)11-12-21-19(22)10-7-14-5-3-4-6-17(14)20(23)24/h3-6,8-9,13H,7,10-12H2,1-2H3,(H,21,22)(H,23,24). The first kappa shape index (κ1) is 19.3. The minimum absolute atomic E-state index is 0.118. The van der Waals surface area contributed by atoms with Gasteiger partial charge in [-0.2, -0.15) is 0 Å². The molecule has 0 aliphatic heterocycles. The maximum atomic E-state index is 12.1. The molecule has 2 aromatic carbocycles. The number of nitrogens with one attached hydrogen (secondary N) is 1. The van der Waals surface area contributed by atoms with Crippen LogP contribution in [-0.2, 0) is 17.6 Å². The van der Waals surface area contributed by atoms with Crippen molar-refractivity contribution < 1.29 is 24.2 Å². The number of carbonyl (C=O) groups excluding carboxylic acids is 1. The molecule has 1 amide bonds. The molecule has 2 N–H and O–H groups in total. The smallest absolute Gasteiger partial charge is 0.335 e. The van der Waals surface area contributed by atoms with Gasteiger partial charge in [0.25, 0.3) is 0 Å². The largest absolute Gasteiger partial charge is 0.497 e. The van der Waals surface area contributed by atoms with E-state index in [4.69, 9.17) is 14.6 Å². The number of carbonyl (C=O) groups is 2. The third-order valence-corrected chi connectivity index (χ3v) is 4.07. The molecule has 0 aromatic heterocycles. The lowest BCUT2D eigenvalue weighted by atomic mass is 10.0. The van der Waals surface area contributed by atoms with Crippen LogP contribution in [0, 0.1) is 0 Å². The summed E-state index contributed by atoms with van der Waals surface area (Å²) in [7, 11) is 3.20. The highest BCUT2D eigenvalue weighted by molar-refractivity contribution is 5.89. The van der Waals surface area contributed by atoms with E-state index < -0.39 is 5.97 Å². The molecule has 6 nitrogen and oxygen atoms in total. The van der Waals surface area contributed by atoms with Gasteiger partial charge in [0.05, 0.1) is 19.8 Å². The van der Waals surface area contributed by atoms with Crippen LogP contribution in [-0.4, -0.2) is 37.7 Å². The predicted molar refractivity (Wildman–Crippen MR) is 98.0 cm³/mol. The number of amides is 1. The fourth-order valence-electron chi connectivity index (χ4n) is 2.70. The average Bonchev–Trinajstić information content (AvgIpc) is 2.66. The van der Waals surface area contributed by atoms with Gasteiger partial charge in [-0.1, -0.05) is 18.2 Å². The topological polar surface area (TPSA) is 84.9 Å². The summed E-state index contributed by atoms with van der Waals surface area (Å²) in [5.74, 6) is 0.381. The summed E-state index contributed by atoms with van der Waals surface area (Å²) in [6.45, 7) is 0.461. The molecule has 0 fully saturated rings. The number of carboxylic acid groups (broad SMARTS) is 1. The zero-order chi connectivity index (χ0) is 18.9. The SMILES string of the molecule is COc1ccc(OC)c(CCNC(=O)CCc2ccccc2C(=O)O)c1. The van der Waals surface area contributed by atoms with Crippen LogP contribution < -0.4 is 14.8 Å². The van der Waals surface area contributed by atoms with Crippen LogP contribution in [0.2, 0.25) is 0 Å². The van der Waals surface area contributed by atoms with Crippen LogP contribution in [0.3, 0.4) is 0 Å². The highest BCUT2D eigenvalue weighted by Crippen LogP contribution is 2.24. The van der Waals surface area contributed by atoms with Crippen molar-refractivity contribution in [3.63, 3.8) is 0 Å². The Kier molecular flexibility index (Phi) is 7.02. The molecule has 0 saturated carbocycles. The van der Waals surface area contributed by atoms with E-state index in [1.807, 2.05) is 18.2 Å². The van der Waals surface area contributed by atoms with Gasteiger partial charge in [-0.3, -0.25) is 4.79 Å². The van der Waals surface area contributed by atoms with Gasteiger partial charge >= 0.3 is 5.97 Å². The summed E-state index contributed by atoms with van der Waals surface area (Å²) in [5, 5.41) is 12.0. The van der Waals surface area contributed by atoms with E-state index in [0.717, 1.165) is 17.1 Å². The number of rotatable bonds is 9. The molecule has 0 radical (unpaired) electrons. The molecular weight excluding hydrogens is 334 g/mol. The highest BCUT2D eigenvalue weighted by Gasteiger charge is 2.11. The predicted octanol–water partition coefficient (Wildman–Crippen LogP) is 2.69. The number of benzene rings is 2. The van der Waals surface area contributed by atoms with Crippen molar-refractivity contribution >= 4 is 11.9 Å². The Bertz CT molecular complexity index is 773. The molecule has 0 atom stereocenters. The van der Waals surface area contributed by atoms with Gasteiger partial charge in [0.1, 0.15) is 11.5 Å². The van der Waals surface area contributed by atoms with E-state index >= 15 is 0 Å². The van der Waals surface area contributed by atoms with Crippen LogP contribution in [0.25, 0.3) is 0 Å². The third-order valence-electron chi connectivity index (χ3n) is 4.07. The summed E-state index contributed by atoms with van der Waals surface area (Å²) in [6, 6.07) is 12.3. The van der Waals surface area contributed by atoms with Crippen molar-refractivity contribution in [1.29, 1.82) is 0 Å². The maximum Gasteiger partial charge on any atom is 0.335 e. The minimum Gasteiger partial charge on any atom is -0.497 e. The van der Waals surface area contributed by atoms with Crippen LogP contribution in [0.4, 0.5) is 0 Å². The number of aromatic carboxylic acids is 1. The van der Waals surface area contributed by atoms with Crippen molar-refractivity contribution in [2.45, 2.75) is 19.3 Å². The molecule has 0 bridgehead atoms. The summed E-state index contributed by atoms with van der Waals surface area (Å²) >= 11 is 0. The lowest BCUT2D eigenvalue weighted by Gasteiger charge is -2.11. The Balaban J connectivity index is 1.86. The van der Waals surface area contributed by atoms with Crippen molar-refractivity contribution in [2.75, 3.05) is 20.8 Å². The van der Waals surface area contributed by atoms with E-state index in [0.29, 0.717) is 24.9 Å². The monoisotopic (exact) mass is 357 g/mol. The number of ether oxygens (including phenoxy) is 2. The molecule has 0 saturated heterocycles. The summed E-state index contributed by atoms with van der Waals surface area (Å²) in [5.41, 5.74) is 1.84. The molecule has 2 aromatic rings. The van der Waals surface area contributed by atoms with E-state index in [-0.39, 0.29) is 17.9 Å².